The molecule has 0 spiro atoms. The number of hydrogen-bond acceptors (Lipinski definition) is 3. The Morgan fingerprint density at radius 2 is 1.94 bits per heavy atom. The van der Waals surface area contributed by atoms with Crippen molar-refractivity contribution in [3.05, 3.63) is 22.7 Å². The molecular formula is C12H17ClN2O. The Bertz CT molecular complexity index is 465. The second-order valence-electron chi connectivity index (χ2n) is 3.54. The summed E-state index contributed by atoms with van der Waals surface area (Å²) < 4.78 is 5.09. The molecule has 1 aromatic heterocycles. The van der Waals surface area contributed by atoms with Crippen LogP contribution in [-0.4, -0.2) is 5.16 Å². The van der Waals surface area contributed by atoms with E-state index in [0.29, 0.717) is 16.4 Å². The number of hydrogen-bond donors (Lipinski definition) is 1. The molecule has 88 valence electrons. The molecule has 0 radical (unpaired) electrons. The van der Waals surface area contributed by atoms with Crippen molar-refractivity contribution < 1.29 is 4.52 Å². The molecule has 0 atom stereocenters. The van der Waals surface area contributed by atoms with Gasteiger partial charge in [-0.25, -0.2) is 0 Å². The minimum Gasteiger partial charge on any atom is -0.380 e. The number of rotatable bonds is 1. The molecule has 2 aromatic rings. The third-order valence-electron chi connectivity index (χ3n) is 2.06. The van der Waals surface area contributed by atoms with E-state index in [1.54, 1.807) is 0 Å². The van der Waals surface area contributed by atoms with Gasteiger partial charge in [-0.1, -0.05) is 50.0 Å². The number of aryl methyl sites for hydroxylation is 1. The lowest BCUT2D eigenvalue weighted by Crippen LogP contribution is -1.85. The molecule has 0 bridgehead atoms. The summed E-state index contributed by atoms with van der Waals surface area (Å²) in [5.74, 6) is 0.357. The smallest absolute Gasteiger partial charge is 0.176 e. The van der Waals surface area contributed by atoms with E-state index >= 15 is 0 Å². The summed E-state index contributed by atoms with van der Waals surface area (Å²) in [6.45, 7) is 6.29. The van der Waals surface area contributed by atoms with Gasteiger partial charge in [0, 0.05) is 0 Å². The zero-order valence-electron chi connectivity index (χ0n) is 9.88. The van der Waals surface area contributed by atoms with Gasteiger partial charge in [0.1, 0.15) is 0 Å². The summed E-state index contributed by atoms with van der Waals surface area (Å²) in [5.41, 5.74) is 7.39. The number of nitrogens with zero attached hydrogens (tertiary/aromatic N) is 1. The van der Waals surface area contributed by atoms with E-state index in [2.05, 4.69) is 19.0 Å². The van der Waals surface area contributed by atoms with Gasteiger partial charge in [-0.15, -0.1) is 0 Å². The highest BCUT2D eigenvalue weighted by Crippen LogP contribution is 2.30. The van der Waals surface area contributed by atoms with Crippen LogP contribution >= 0.6 is 11.6 Å². The van der Waals surface area contributed by atoms with E-state index in [0.717, 1.165) is 17.4 Å². The summed E-state index contributed by atoms with van der Waals surface area (Å²) >= 11 is 5.95. The van der Waals surface area contributed by atoms with Crippen LogP contribution in [0.25, 0.3) is 11.0 Å². The molecule has 1 aromatic carbocycles. The Morgan fingerprint density at radius 1 is 1.31 bits per heavy atom. The first-order valence-electron chi connectivity index (χ1n) is 5.47. The Labute approximate surface area is 101 Å². The topological polar surface area (TPSA) is 52.0 Å². The fourth-order valence-corrected chi connectivity index (χ4v) is 1.61. The molecule has 0 fully saturated rings. The number of benzene rings is 1. The van der Waals surface area contributed by atoms with Crippen molar-refractivity contribution in [3.8, 4) is 0 Å². The van der Waals surface area contributed by atoms with Crippen LogP contribution in [0.5, 0.6) is 0 Å². The Kier molecular flexibility index (Phi) is 4.62. The van der Waals surface area contributed by atoms with Crippen LogP contribution in [0.15, 0.2) is 16.7 Å². The Balaban J connectivity index is 0.000000386. The first kappa shape index (κ1) is 12.8. The molecule has 0 amide bonds. The molecule has 0 aliphatic heterocycles. The molecule has 0 unspecified atom stereocenters. The van der Waals surface area contributed by atoms with E-state index in [9.17, 15) is 0 Å². The van der Waals surface area contributed by atoms with Gasteiger partial charge in [0.15, 0.2) is 11.4 Å². The molecule has 0 aliphatic carbocycles. The van der Waals surface area contributed by atoms with Gasteiger partial charge in [0.2, 0.25) is 0 Å². The minimum atomic E-state index is 0.357. The number of fused-ring (bicyclic) bond motifs is 1. The highest BCUT2D eigenvalue weighted by molar-refractivity contribution is 6.36. The van der Waals surface area contributed by atoms with Crippen LogP contribution in [0.1, 0.15) is 32.8 Å². The van der Waals surface area contributed by atoms with Crippen LogP contribution in [0, 0.1) is 0 Å². The van der Waals surface area contributed by atoms with Crippen molar-refractivity contribution in [3.63, 3.8) is 0 Å². The van der Waals surface area contributed by atoms with Gasteiger partial charge < -0.3 is 10.3 Å². The molecule has 0 aliphatic rings. The number of halogens is 1. The van der Waals surface area contributed by atoms with Crippen LogP contribution in [0.2, 0.25) is 5.02 Å². The molecule has 0 saturated heterocycles. The molecule has 16 heavy (non-hydrogen) atoms. The summed E-state index contributed by atoms with van der Waals surface area (Å²) in [6.07, 6.45) is 2.13. The predicted octanol–water partition coefficient (Wildman–Crippen LogP) is 4.04. The third-order valence-corrected chi connectivity index (χ3v) is 2.38. The lowest BCUT2D eigenvalue weighted by Gasteiger charge is -1.97. The summed E-state index contributed by atoms with van der Waals surface area (Å²) in [5, 5.41) is 5.00. The monoisotopic (exact) mass is 240 g/mol. The predicted molar refractivity (Wildman–Crippen MR) is 68.8 cm³/mol. The average molecular weight is 241 g/mol. The molecule has 4 heteroatoms. The van der Waals surface area contributed by atoms with Gasteiger partial charge >= 0.3 is 0 Å². The SMILES string of the molecule is CCC.CCc1ccc(Cl)c2c(N)noc12. The maximum Gasteiger partial charge on any atom is 0.176 e. The summed E-state index contributed by atoms with van der Waals surface area (Å²) in [7, 11) is 0. The van der Waals surface area contributed by atoms with Gasteiger partial charge in [-0.3, -0.25) is 0 Å². The fourth-order valence-electron chi connectivity index (χ4n) is 1.36. The van der Waals surface area contributed by atoms with E-state index in [4.69, 9.17) is 21.9 Å². The normalized spacial score (nSPS) is 10.0. The number of nitrogens with two attached hydrogens (primary N) is 1. The number of aromatic nitrogens is 1. The molecule has 0 saturated carbocycles. The molecule has 3 nitrogen and oxygen atoms in total. The maximum absolute atomic E-state index is 5.95. The fraction of sp³-hybridized carbons (Fsp3) is 0.417. The lowest BCUT2D eigenvalue weighted by molar-refractivity contribution is 0.458. The lowest BCUT2D eigenvalue weighted by atomic mass is 10.1. The highest BCUT2D eigenvalue weighted by atomic mass is 35.5. The van der Waals surface area contributed by atoms with Crippen molar-refractivity contribution >= 4 is 28.4 Å². The Morgan fingerprint density at radius 3 is 2.50 bits per heavy atom. The second-order valence-corrected chi connectivity index (χ2v) is 3.95. The van der Waals surface area contributed by atoms with Crippen molar-refractivity contribution in [2.75, 3.05) is 5.73 Å². The van der Waals surface area contributed by atoms with Crippen molar-refractivity contribution in [2.24, 2.45) is 0 Å². The van der Waals surface area contributed by atoms with Crippen LogP contribution in [-0.2, 0) is 6.42 Å². The van der Waals surface area contributed by atoms with Crippen molar-refractivity contribution in [2.45, 2.75) is 33.6 Å². The highest BCUT2D eigenvalue weighted by Gasteiger charge is 2.11. The Hall–Kier alpha value is -1.22. The summed E-state index contributed by atoms with van der Waals surface area (Å²) in [4.78, 5) is 0. The third kappa shape index (κ3) is 2.47. The molecule has 1 heterocycles. The van der Waals surface area contributed by atoms with Gasteiger partial charge in [0.25, 0.3) is 0 Å². The van der Waals surface area contributed by atoms with Gasteiger partial charge in [-0.2, -0.15) is 0 Å². The number of anilines is 1. The minimum absolute atomic E-state index is 0.357. The van der Waals surface area contributed by atoms with E-state index < -0.39 is 0 Å². The van der Waals surface area contributed by atoms with Gasteiger partial charge in [0.05, 0.1) is 10.4 Å². The zero-order chi connectivity index (χ0) is 12.1. The quantitative estimate of drug-likeness (QED) is 0.818. The van der Waals surface area contributed by atoms with E-state index in [1.807, 2.05) is 19.1 Å². The summed E-state index contributed by atoms with van der Waals surface area (Å²) in [6, 6.07) is 3.74. The largest absolute Gasteiger partial charge is 0.380 e. The standard InChI is InChI=1S/C9H9ClN2O.C3H8/c1-2-5-3-4-6(10)7-8(5)13-12-9(7)11;1-3-2/h3-4H,2H2,1H3,(H2,11,12);3H2,1-2H3. The average Bonchev–Trinajstić information content (AvgIpc) is 2.64. The molecule has 2 rings (SSSR count). The van der Waals surface area contributed by atoms with E-state index in [-0.39, 0.29) is 0 Å². The zero-order valence-corrected chi connectivity index (χ0v) is 10.6. The molecular weight excluding hydrogens is 224 g/mol. The van der Waals surface area contributed by atoms with Crippen molar-refractivity contribution in [1.82, 2.24) is 5.16 Å². The van der Waals surface area contributed by atoms with E-state index in [1.165, 1.54) is 6.42 Å². The van der Waals surface area contributed by atoms with Gasteiger partial charge in [-0.05, 0) is 18.1 Å². The van der Waals surface area contributed by atoms with Crippen LogP contribution in [0.3, 0.4) is 0 Å². The van der Waals surface area contributed by atoms with Crippen LogP contribution < -0.4 is 5.73 Å². The number of nitrogen functional groups attached to an aromatic ring is 1. The van der Waals surface area contributed by atoms with Crippen LogP contribution in [0.4, 0.5) is 5.82 Å². The first-order chi connectivity index (χ1) is 7.65. The second kappa shape index (κ2) is 5.75. The van der Waals surface area contributed by atoms with Crippen molar-refractivity contribution in [1.29, 1.82) is 0 Å². The maximum atomic E-state index is 5.95. The molecule has 2 N–H and O–H groups in total. The first-order valence-corrected chi connectivity index (χ1v) is 5.85.